The van der Waals surface area contributed by atoms with Gasteiger partial charge in [0.1, 0.15) is 5.75 Å². The quantitative estimate of drug-likeness (QED) is 0.524. The van der Waals surface area contributed by atoms with Crippen LogP contribution in [0.4, 0.5) is 0 Å². The van der Waals surface area contributed by atoms with E-state index < -0.39 is 0 Å². The number of Topliss-reactive ketones (excluding diaryl/α,β-unsaturated/α-hetero) is 1. The largest absolute Gasteiger partial charge is 0.497 e. The molecule has 3 aromatic rings. The fourth-order valence-corrected chi connectivity index (χ4v) is 3.75. The minimum absolute atomic E-state index is 0.115. The zero-order valence-electron chi connectivity index (χ0n) is 14.3. The normalized spacial score (nSPS) is 11.8. The molecule has 0 fully saturated rings. The lowest BCUT2D eigenvalue weighted by molar-refractivity contribution is 0.0965. The highest BCUT2D eigenvalue weighted by Gasteiger charge is 2.20. The van der Waals surface area contributed by atoms with Gasteiger partial charge in [0, 0.05) is 21.3 Å². The van der Waals surface area contributed by atoms with E-state index in [2.05, 4.69) is 18.2 Å². The molecule has 0 amide bonds. The van der Waals surface area contributed by atoms with Crippen LogP contribution < -0.4 is 4.74 Å². The first-order valence-electron chi connectivity index (χ1n) is 8.19. The predicted molar refractivity (Wildman–Crippen MR) is 103 cm³/mol. The molecule has 0 saturated heterocycles. The van der Waals surface area contributed by atoms with E-state index >= 15 is 0 Å². The van der Waals surface area contributed by atoms with E-state index in [9.17, 15) is 4.79 Å². The number of benzene rings is 3. The molecular weight excluding hydrogens is 328 g/mol. The van der Waals surface area contributed by atoms with Gasteiger partial charge in [0.05, 0.1) is 7.11 Å². The second-order valence-electron chi connectivity index (χ2n) is 5.77. The summed E-state index contributed by atoms with van der Waals surface area (Å²) in [7, 11) is 1.62. The Bertz CT molecular complexity index is 841. The van der Waals surface area contributed by atoms with Gasteiger partial charge in [0.15, 0.2) is 5.78 Å². The molecule has 3 aromatic carbocycles. The van der Waals surface area contributed by atoms with Crippen LogP contribution in [-0.4, -0.2) is 12.9 Å². The van der Waals surface area contributed by atoms with E-state index in [1.807, 2.05) is 67.6 Å². The fraction of sp³-hybridized carbons (Fsp3) is 0.136. The van der Waals surface area contributed by atoms with Crippen LogP contribution in [0.25, 0.3) is 0 Å². The maximum atomic E-state index is 12.9. The van der Waals surface area contributed by atoms with Crippen molar-refractivity contribution in [3.05, 3.63) is 90.0 Å². The second-order valence-corrected chi connectivity index (χ2v) is 6.88. The summed E-state index contributed by atoms with van der Waals surface area (Å²) >= 11 is 1.69. The summed E-state index contributed by atoms with van der Waals surface area (Å²) in [4.78, 5) is 15.2. The van der Waals surface area contributed by atoms with E-state index in [1.165, 1.54) is 4.90 Å². The first-order valence-corrected chi connectivity index (χ1v) is 9.01. The number of carbonyl (C=O) groups excluding carboxylic acids is 1. The fourth-order valence-electron chi connectivity index (χ4n) is 2.69. The standard InChI is InChI=1S/C22H20O2S/c1-16(22(23)17-12-14-18(24-2)15-13-17)20-10-6-7-11-21(20)25-19-8-4-3-5-9-19/h3-16H,1-2H3. The van der Waals surface area contributed by atoms with Crippen LogP contribution >= 0.6 is 11.8 Å². The van der Waals surface area contributed by atoms with E-state index in [-0.39, 0.29) is 11.7 Å². The maximum absolute atomic E-state index is 12.9. The van der Waals surface area contributed by atoms with Crippen molar-refractivity contribution in [3.63, 3.8) is 0 Å². The highest BCUT2D eigenvalue weighted by Crippen LogP contribution is 2.35. The SMILES string of the molecule is COc1ccc(C(=O)C(C)c2ccccc2Sc2ccccc2)cc1. The third kappa shape index (κ3) is 4.12. The van der Waals surface area contributed by atoms with E-state index in [0.717, 1.165) is 16.2 Å². The Balaban J connectivity index is 1.86. The van der Waals surface area contributed by atoms with Gasteiger partial charge >= 0.3 is 0 Å². The Morgan fingerprint density at radius 3 is 2.20 bits per heavy atom. The van der Waals surface area contributed by atoms with Gasteiger partial charge < -0.3 is 4.74 Å². The van der Waals surface area contributed by atoms with Crippen LogP contribution in [0.2, 0.25) is 0 Å². The Labute approximate surface area is 152 Å². The van der Waals surface area contributed by atoms with Crippen LogP contribution in [0.5, 0.6) is 5.75 Å². The van der Waals surface area contributed by atoms with Gasteiger partial charge in [-0.3, -0.25) is 4.79 Å². The second kappa shape index (κ2) is 8.04. The molecule has 0 spiro atoms. The van der Waals surface area contributed by atoms with Crippen molar-refractivity contribution in [2.45, 2.75) is 22.6 Å². The zero-order valence-corrected chi connectivity index (χ0v) is 15.1. The summed E-state index contributed by atoms with van der Waals surface area (Å²) in [5.74, 6) is 0.661. The van der Waals surface area contributed by atoms with Crippen LogP contribution in [0.1, 0.15) is 28.8 Å². The van der Waals surface area contributed by atoms with Crippen molar-refractivity contribution >= 4 is 17.5 Å². The number of hydrogen-bond donors (Lipinski definition) is 0. The van der Waals surface area contributed by atoms with E-state index in [4.69, 9.17) is 4.74 Å². The number of carbonyl (C=O) groups is 1. The molecule has 1 unspecified atom stereocenters. The van der Waals surface area contributed by atoms with Crippen molar-refractivity contribution in [2.75, 3.05) is 7.11 Å². The van der Waals surface area contributed by atoms with Gasteiger partial charge in [-0.15, -0.1) is 0 Å². The topological polar surface area (TPSA) is 26.3 Å². The van der Waals surface area contributed by atoms with Crippen LogP contribution in [0, 0.1) is 0 Å². The lowest BCUT2D eigenvalue weighted by atomic mass is 9.92. The third-order valence-electron chi connectivity index (χ3n) is 4.12. The van der Waals surface area contributed by atoms with Crippen LogP contribution in [0.3, 0.4) is 0 Å². The lowest BCUT2D eigenvalue weighted by Crippen LogP contribution is -2.10. The molecule has 0 N–H and O–H groups in total. The van der Waals surface area contributed by atoms with Gasteiger partial charge in [0.25, 0.3) is 0 Å². The molecule has 2 nitrogen and oxygen atoms in total. The molecule has 0 radical (unpaired) electrons. The monoisotopic (exact) mass is 348 g/mol. The number of hydrogen-bond acceptors (Lipinski definition) is 3. The summed E-state index contributed by atoms with van der Waals surface area (Å²) in [6.45, 7) is 1.97. The van der Waals surface area contributed by atoms with Crippen molar-refractivity contribution < 1.29 is 9.53 Å². The highest BCUT2D eigenvalue weighted by atomic mass is 32.2. The summed E-state index contributed by atoms with van der Waals surface area (Å²) < 4.78 is 5.16. The average Bonchev–Trinajstić information content (AvgIpc) is 2.68. The molecule has 3 heteroatoms. The van der Waals surface area contributed by atoms with Gasteiger partial charge in [0.2, 0.25) is 0 Å². The van der Waals surface area contributed by atoms with E-state index in [0.29, 0.717) is 5.56 Å². The molecular formula is C22H20O2S. The van der Waals surface area contributed by atoms with Crippen molar-refractivity contribution in [3.8, 4) is 5.75 Å². The Morgan fingerprint density at radius 2 is 1.52 bits per heavy atom. The smallest absolute Gasteiger partial charge is 0.170 e. The van der Waals surface area contributed by atoms with Crippen molar-refractivity contribution in [1.82, 2.24) is 0 Å². The molecule has 1 atom stereocenters. The van der Waals surface area contributed by atoms with Gasteiger partial charge in [-0.05, 0) is 48.0 Å². The number of ketones is 1. The summed E-state index contributed by atoms with van der Waals surface area (Å²) in [6.07, 6.45) is 0. The highest BCUT2D eigenvalue weighted by molar-refractivity contribution is 7.99. The molecule has 25 heavy (non-hydrogen) atoms. The lowest BCUT2D eigenvalue weighted by Gasteiger charge is -2.15. The van der Waals surface area contributed by atoms with Gasteiger partial charge in [-0.1, -0.05) is 55.1 Å². The Morgan fingerprint density at radius 1 is 0.880 bits per heavy atom. The van der Waals surface area contributed by atoms with Crippen molar-refractivity contribution in [1.29, 1.82) is 0 Å². The maximum Gasteiger partial charge on any atom is 0.170 e. The number of ether oxygens (including phenoxy) is 1. The minimum atomic E-state index is -0.208. The van der Waals surface area contributed by atoms with Crippen LogP contribution in [-0.2, 0) is 0 Å². The van der Waals surface area contributed by atoms with Gasteiger partial charge in [-0.25, -0.2) is 0 Å². The summed E-state index contributed by atoms with van der Waals surface area (Å²) in [5.41, 5.74) is 1.75. The van der Waals surface area contributed by atoms with E-state index in [1.54, 1.807) is 18.9 Å². The first-order chi connectivity index (χ1) is 12.2. The minimum Gasteiger partial charge on any atom is -0.497 e. The van der Waals surface area contributed by atoms with Crippen LogP contribution in [0.15, 0.2) is 88.7 Å². The zero-order chi connectivity index (χ0) is 17.6. The molecule has 0 aliphatic heterocycles. The number of rotatable bonds is 6. The molecule has 0 heterocycles. The molecule has 0 bridgehead atoms. The summed E-state index contributed by atoms with van der Waals surface area (Å²) in [6, 6.07) is 25.6. The third-order valence-corrected chi connectivity index (χ3v) is 5.22. The Hall–Kier alpha value is -2.52. The number of methoxy groups -OCH3 is 1. The molecule has 0 aliphatic carbocycles. The molecule has 0 saturated carbocycles. The first kappa shape index (κ1) is 17.3. The van der Waals surface area contributed by atoms with Crippen molar-refractivity contribution in [2.24, 2.45) is 0 Å². The Kier molecular flexibility index (Phi) is 5.56. The molecule has 126 valence electrons. The van der Waals surface area contributed by atoms with Gasteiger partial charge in [-0.2, -0.15) is 0 Å². The summed E-state index contributed by atoms with van der Waals surface area (Å²) in [5, 5.41) is 0. The average molecular weight is 348 g/mol. The molecule has 3 rings (SSSR count). The molecule has 0 aliphatic rings. The predicted octanol–water partition coefficient (Wildman–Crippen LogP) is 5.83. The molecule has 0 aromatic heterocycles.